The van der Waals surface area contributed by atoms with Crippen LogP contribution in [-0.2, 0) is 6.54 Å². The van der Waals surface area contributed by atoms with Gasteiger partial charge >= 0.3 is 0 Å². The standard InChI is InChI=1S/C12H18N4/c13-12(16-7-2-1-3-8-16)15-10-11-5-4-6-14-9-11/h4-6,9H,1-3,7-8,10H2,(H2,13,15). The molecular formula is C12H18N4. The summed E-state index contributed by atoms with van der Waals surface area (Å²) < 4.78 is 0. The van der Waals surface area contributed by atoms with Crippen molar-refractivity contribution in [2.45, 2.75) is 25.8 Å². The first-order chi connectivity index (χ1) is 7.86. The number of pyridine rings is 1. The second-order valence-corrected chi connectivity index (χ2v) is 4.08. The van der Waals surface area contributed by atoms with Crippen molar-refractivity contribution in [1.29, 1.82) is 0 Å². The Bertz CT molecular complexity index is 341. The molecule has 0 saturated carbocycles. The summed E-state index contributed by atoms with van der Waals surface area (Å²) in [4.78, 5) is 10.6. The maximum Gasteiger partial charge on any atom is 0.191 e. The topological polar surface area (TPSA) is 54.5 Å². The highest BCUT2D eigenvalue weighted by atomic mass is 15.2. The molecule has 2 N–H and O–H groups in total. The summed E-state index contributed by atoms with van der Waals surface area (Å²) in [6.07, 6.45) is 7.35. The van der Waals surface area contributed by atoms with E-state index in [4.69, 9.17) is 5.73 Å². The van der Waals surface area contributed by atoms with Crippen LogP contribution < -0.4 is 5.73 Å². The average molecular weight is 218 g/mol. The third-order valence-corrected chi connectivity index (χ3v) is 2.83. The van der Waals surface area contributed by atoms with Crippen molar-refractivity contribution in [3.05, 3.63) is 30.1 Å². The highest BCUT2D eigenvalue weighted by Crippen LogP contribution is 2.08. The summed E-state index contributed by atoms with van der Waals surface area (Å²) >= 11 is 0. The SMILES string of the molecule is NC(=NCc1cccnc1)N1CCCCC1. The lowest BCUT2D eigenvalue weighted by Crippen LogP contribution is -2.40. The van der Waals surface area contributed by atoms with Gasteiger partial charge in [-0.15, -0.1) is 0 Å². The highest BCUT2D eigenvalue weighted by molar-refractivity contribution is 5.78. The number of likely N-dealkylation sites (tertiary alicyclic amines) is 1. The van der Waals surface area contributed by atoms with Crippen molar-refractivity contribution in [1.82, 2.24) is 9.88 Å². The van der Waals surface area contributed by atoms with E-state index < -0.39 is 0 Å². The van der Waals surface area contributed by atoms with Gasteiger partial charge in [0.2, 0.25) is 0 Å². The Morgan fingerprint density at radius 2 is 2.19 bits per heavy atom. The van der Waals surface area contributed by atoms with Gasteiger partial charge in [-0.3, -0.25) is 4.98 Å². The highest BCUT2D eigenvalue weighted by Gasteiger charge is 2.11. The van der Waals surface area contributed by atoms with Crippen LogP contribution in [0, 0.1) is 0 Å². The van der Waals surface area contributed by atoms with Crippen LogP contribution in [0.3, 0.4) is 0 Å². The third-order valence-electron chi connectivity index (χ3n) is 2.83. The quantitative estimate of drug-likeness (QED) is 0.602. The van der Waals surface area contributed by atoms with Gasteiger partial charge in [-0.25, -0.2) is 4.99 Å². The van der Waals surface area contributed by atoms with Crippen molar-refractivity contribution in [3.8, 4) is 0 Å². The molecule has 4 heteroatoms. The molecule has 86 valence electrons. The van der Waals surface area contributed by atoms with Gasteiger partial charge in [0.25, 0.3) is 0 Å². The minimum Gasteiger partial charge on any atom is -0.370 e. The second-order valence-electron chi connectivity index (χ2n) is 4.08. The Hall–Kier alpha value is -1.58. The fourth-order valence-corrected chi connectivity index (χ4v) is 1.89. The molecule has 0 atom stereocenters. The van der Waals surface area contributed by atoms with Gasteiger partial charge in [-0.05, 0) is 30.9 Å². The van der Waals surface area contributed by atoms with Crippen molar-refractivity contribution in [2.24, 2.45) is 10.7 Å². The van der Waals surface area contributed by atoms with E-state index in [2.05, 4.69) is 14.9 Å². The minimum absolute atomic E-state index is 0.621. The fourth-order valence-electron chi connectivity index (χ4n) is 1.89. The zero-order valence-electron chi connectivity index (χ0n) is 9.47. The molecule has 0 bridgehead atoms. The van der Waals surface area contributed by atoms with Crippen LogP contribution in [-0.4, -0.2) is 28.9 Å². The van der Waals surface area contributed by atoms with Gasteiger partial charge in [0, 0.05) is 25.5 Å². The number of guanidine groups is 1. The van der Waals surface area contributed by atoms with Crippen molar-refractivity contribution in [3.63, 3.8) is 0 Å². The van der Waals surface area contributed by atoms with Crippen LogP contribution >= 0.6 is 0 Å². The molecule has 2 heterocycles. The predicted molar refractivity (Wildman–Crippen MR) is 65.0 cm³/mol. The number of rotatable bonds is 2. The van der Waals surface area contributed by atoms with E-state index in [1.807, 2.05) is 18.3 Å². The van der Waals surface area contributed by atoms with Gasteiger partial charge in [0.15, 0.2) is 5.96 Å². The van der Waals surface area contributed by atoms with Crippen molar-refractivity contribution in [2.75, 3.05) is 13.1 Å². The first-order valence-electron chi connectivity index (χ1n) is 5.80. The number of hydrogen-bond acceptors (Lipinski definition) is 2. The van der Waals surface area contributed by atoms with Gasteiger partial charge in [0.05, 0.1) is 6.54 Å². The van der Waals surface area contributed by atoms with E-state index in [1.54, 1.807) is 6.20 Å². The van der Waals surface area contributed by atoms with Crippen LogP contribution in [0.4, 0.5) is 0 Å². The smallest absolute Gasteiger partial charge is 0.191 e. The summed E-state index contributed by atoms with van der Waals surface area (Å²) in [5.74, 6) is 0.670. The maximum absolute atomic E-state index is 5.95. The van der Waals surface area contributed by atoms with Gasteiger partial charge < -0.3 is 10.6 Å². The van der Waals surface area contributed by atoms with Crippen LogP contribution in [0.5, 0.6) is 0 Å². The zero-order chi connectivity index (χ0) is 11.2. The molecule has 0 aliphatic carbocycles. The molecule has 0 spiro atoms. The van der Waals surface area contributed by atoms with Crippen molar-refractivity contribution < 1.29 is 0 Å². The molecule has 1 aromatic rings. The molecule has 16 heavy (non-hydrogen) atoms. The Kier molecular flexibility index (Phi) is 3.75. The monoisotopic (exact) mass is 218 g/mol. The zero-order valence-corrected chi connectivity index (χ0v) is 9.47. The summed E-state index contributed by atoms with van der Waals surface area (Å²) in [6.45, 7) is 2.71. The molecule has 0 radical (unpaired) electrons. The molecule has 1 fully saturated rings. The summed E-state index contributed by atoms with van der Waals surface area (Å²) in [5.41, 5.74) is 7.05. The largest absolute Gasteiger partial charge is 0.370 e. The van der Waals surface area contributed by atoms with Crippen LogP contribution in [0.25, 0.3) is 0 Å². The van der Waals surface area contributed by atoms with E-state index in [0.717, 1.165) is 18.7 Å². The Labute approximate surface area is 96.2 Å². The Morgan fingerprint density at radius 3 is 2.88 bits per heavy atom. The number of piperidine rings is 1. The number of aromatic nitrogens is 1. The van der Waals surface area contributed by atoms with E-state index >= 15 is 0 Å². The van der Waals surface area contributed by atoms with E-state index in [1.165, 1.54) is 19.3 Å². The summed E-state index contributed by atoms with van der Waals surface area (Å²) in [5, 5.41) is 0. The number of aliphatic imine (C=N–C) groups is 1. The average Bonchev–Trinajstić information content (AvgIpc) is 2.38. The normalized spacial score (nSPS) is 17.5. The van der Waals surface area contributed by atoms with Crippen LogP contribution in [0.1, 0.15) is 24.8 Å². The minimum atomic E-state index is 0.621. The predicted octanol–water partition coefficient (Wildman–Crippen LogP) is 1.38. The Balaban J connectivity index is 1.91. The van der Waals surface area contributed by atoms with E-state index in [-0.39, 0.29) is 0 Å². The first kappa shape index (κ1) is 10.9. The first-order valence-corrected chi connectivity index (χ1v) is 5.80. The Morgan fingerprint density at radius 1 is 1.38 bits per heavy atom. The van der Waals surface area contributed by atoms with Crippen molar-refractivity contribution >= 4 is 5.96 Å². The van der Waals surface area contributed by atoms with E-state index in [0.29, 0.717) is 12.5 Å². The van der Waals surface area contributed by atoms with Crippen LogP contribution in [0.2, 0.25) is 0 Å². The van der Waals surface area contributed by atoms with Gasteiger partial charge in [-0.2, -0.15) is 0 Å². The molecular weight excluding hydrogens is 200 g/mol. The lowest BCUT2D eigenvalue weighted by molar-refractivity contribution is 0.338. The molecule has 4 nitrogen and oxygen atoms in total. The van der Waals surface area contributed by atoms with Crippen LogP contribution in [0.15, 0.2) is 29.5 Å². The molecule has 1 aliphatic heterocycles. The summed E-state index contributed by atoms with van der Waals surface area (Å²) in [6, 6.07) is 3.93. The number of nitrogens with zero attached hydrogens (tertiary/aromatic N) is 3. The second kappa shape index (κ2) is 5.49. The summed E-state index contributed by atoms with van der Waals surface area (Å²) in [7, 11) is 0. The molecule has 1 saturated heterocycles. The molecule has 2 rings (SSSR count). The third kappa shape index (κ3) is 2.95. The maximum atomic E-state index is 5.95. The lowest BCUT2D eigenvalue weighted by Gasteiger charge is -2.27. The van der Waals surface area contributed by atoms with E-state index in [9.17, 15) is 0 Å². The van der Waals surface area contributed by atoms with Gasteiger partial charge in [0.1, 0.15) is 0 Å². The van der Waals surface area contributed by atoms with Gasteiger partial charge in [-0.1, -0.05) is 6.07 Å². The number of hydrogen-bond donors (Lipinski definition) is 1. The number of nitrogens with two attached hydrogens (primary N) is 1. The molecule has 1 aliphatic rings. The molecule has 0 unspecified atom stereocenters. The molecule has 0 amide bonds. The fraction of sp³-hybridized carbons (Fsp3) is 0.500. The molecule has 0 aromatic carbocycles. The lowest BCUT2D eigenvalue weighted by atomic mass is 10.1. The molecule has 1 aromatic heterocycles.